The molecule has 2 heterocycles. The Balaban J connectivity index is 1.35. The Hall–Kier alpha value is -3.23. The molecule has 180 valence electrons. The number of nitrogens with zero attached hydrogens (tertiary/aromatic N) is 3. The minimum atomic E-state index is -4.47. The van der Waals surface area contributed by atoms with Gasteiger partial charge >= 0.3 is 12.2 Å². The summed E-state index contributed by atoms with van der Waals surface area (Å²) in [5, 5.41) is 3.17. The number of fused-ring (bicyclic) bond motifs is 2. The molecule has 2 aliphatic heterocycles. The van der Waals surface area contributed by atoms with Crippen molar-refractivity contribution in [1.29, 1.82) is 0 Å². The molecule has 1 saturated heterocycles. The van der Waals surface area contributed by atoms with Gasteiger partial charge in [-0.25, -0.2) is 9.79 Å². The van der Waals surface area contributed by atoms with E-state index in [0.29, 0.717) is 49.0 Å². The van der Waals surface area contributed by atoms with Crippen LogP contribution in [-0.2, 0) is 6.18 Å². The highest BCUT2D eigenvalue weighted by atomic mass is 19.4. The number of para-hydroxylation sites is 1. The number of halogens is 3. The average Bonchev–Trinajstić information content (AvgIpc) is 3.00. The average molecular weight is 473 g/mol. The second-order valence-corrected chi connectivity index (χ2v) is 8.97. The van der Waals surface area contributed by atoms with E-state index in [9.17, 15) is 18.0 Å². The largest absolute Gasteiger partial charge is 0.454 e. The van der Waals surface area contributed by atoms with Gasteiger partial charge in [0.1, 0.15) is 17.3 Å². The van der Waals surface area contributed by atoms with Crippen LogP contribution in [0.2, 0.25) is 0 Å². The number of hydrogen-bond acceptors (Lipinski definition) is 4. The van der Waals surface area contributed by atoms with Crippen LogP contribution in [0.15, 0.2) is 47.5 Å². The SMILES string of the molecule is O=C(NC1CCCCC1)N1CCN(C2=Nc3ccc(C(F)(F)F)cc3Oc3ccccc32)CC1. The summed E-state index contributed by atoms with van der Waals surface area (Å²) in [6.45, 7) is 2.23. The minimum absolute atomic E-state index is 0.0249. The van der Waals surface area contributed by atoms with E-state index in [1.807, 2.05) is 17.0 Å². The number of ether oxygens (including phenoxy) is 1. The van der Waals surface area contributed by atoms with Crippen LogP contribution in [-0.4, -0.2) is 53.9 Å². The Labute approximate surface area is 196 Å². The number of benzene rings is 2. The molecule has 1 N–H and O–H groups in total. The molecule has 0 bridgehead atoms. The van der Waals surface area contributed by atoms with Gasteiger partial charge in [0.15, 0.2) is 5.75 Å². The number of carbonyl (C=O) groups excluding carboxylic acids is 1. The molecule has 5 rings (SSSR count). The van der Waals surface area contributed by atoms with Crippen molar-refractivity contribution in [1.82, 2.24) is 15.1 Å². The molecule has 0 spiro atoms. The highest BCUT2D eigenvalue weighted by Crippen LogP contribution is 2.41. The molecule has 6 nitrogen and oxygen atoms in total. The van der Waals surface area contributed by atoms with Crippen molar-refractivity contribution in [2.45, 2.75) is 44.3 Å². The van der Waals surface area contributed by atoms with Crippen LogP contribution < -0.4 is 10.1 Å². The lowest BCUT2D eigenvalue weighted by molar-refractivity contribution is -0.137. The van der Waals surface area contributed by atoms with Gasteiger partial charge in [0.25, 0.3) is 0 Å². The molecule has 2 fully saturated rings. The maximum atomic E-state index is 13.2. The normalized spacial score (nSPS) is 18.9. The van der Waals surface area contributed by atoms with Gasteiger partial charge in [0.2, 0.25) is 0 Å². The van der Waals surface area contributed by atoms with Gasteiger partial charge in [0.05, 0.1) is 11.1 Å². The fraction of sp³-hybridized carbons (Fsp3) is 0.440. The number of urea groups is 1. The van der Waals surface area contributed by atoms with Crippen LogP contribution in [0.3, 0.4) is 0 Å². The molecule has 2 aromatic rings. The number of alkyl halides is 3. The summed E-state index contributed by atoms with van der Waals surface area (Å²) in [5.41, 5.74) is 0.281. The van der Waals surface area contributed by atoms with Gasteiger partial charge < -0.3 is 19.9 Å². The van der Waals surface area contributed by atoms with Crippen molar-refractivity contribution in [3.05, 3.63) is 53.6 Å². The lowest BCUT2D eigenvalue weighted by atomic mass is 9.96. The lowest BCUT2D eigenvalue weighted by Gasteiger charge is -2.37. The van der Waals surface area contributed by atoms with Crippen LogP contribution >= 0.6 is 0 Å². The first-order valence-corrected chi connectivity index (χ1v) is 11.8. The number of piperazine rings is 1. The summed E-state index contributed by atoms with van der Waals surface area (Å²) >= 11 is 0. The molecule has 1 aliphatic carbocycles. The standard InChI is InChI=1S/C25H27F3N4O2/c26-25(27,28)17-10-11-20-22(16-17)34-21-9-5-4-8-19(21)23(30-20)31-12-14-32(15-13-31)24(33)29-18-6-2-1-3-7-18/h4-5,8-11,16,18H,1-3,6-7,12-15H2,(H,29,33). The van der Waals surface area contributed by atoms with E-state index in [0.717, 1.165) is 37.8 Å². The maximum absolute atomic E-state index is 13.2. The van der Waals surface area contributed by atoms with Crippen molar-refractivity contribution in [2.75, 3.05) is 26.2 Å². The highest BCUT2D eigenvalue weighted by Gasteiger charge is 2.33. The Morgan fingerprint density at radius 1 is 0.971 bits per heavy atom. The van der Waals surface area contributed by atoms with Gasteiger partial charge in [-0.3, -0.25) is 0 Å². The molecule has 0 radical (unpaired) electrons. The van der Waals surface area contributed by atoms with E-state index in [1.165, 1.54) is 12.5 Å². The van der Waals surface area contributed by atoms with Gasteiger partial charge in [-0.05, 0) is 43.2 Å². The van der Waals surface area contributed by atoms with E-state index in [-0.39, 0.29) is 17.8 Å². The van der Waals surface area contributed by atoms with Crippen molar-refractivity contribution in [3.8, 4) is 11.5 Å². The molecule has 9 heteroatoms. The maximum Gasteiger partial charge on any atom is 0.416 e. The summed E-state index contributed by atoms with van der Waals surface area (Å²) in [7, 11) is 0. The lowest BCUT2D eigenvalue weighted by Crippen LogP contribution is -2.54. The molecule has 1 saturated carbocycles. The smallest absolute Gasteiger partial charge is 0.416 e. The first-order valence-electron chi connectivity index (χ1n) is 11.8. The molecule has 3 aliphatic rings. The number of carbonyl (C=O) groups is 1. The van der Waals surface area contributed by atoms with Gasteiger partial charge in [-0.2, -0.15) is 13.2 Å². The molecule has 0 atom stereocenters. The Morgan fingerprint density at radius 2 is 1.71 bits per heavy atom. The monoisotopic (exact) mass is 472 g/mol. The zero-order valence-electron chi connectivity index (χ0n) is 18.8. The first-order chi connectivity index (χ1) is 16.4. The molecule has 0 unspecified atom stereocenters. The predicted octanol–water partition coefficient (Wildman–Crippen LogP) is 5.55. The third kappa shape index (κ3) is 4.69. The number of amidine groups is 1. The Morgan fingerprint density at radius 3 is 2.44 bits per heavy atom. The van der Waals surface area contributed by atoms with E-state index in [1.54, 1.807) is 12.1 Å². The van der Waals surface area contributed by atoms with Gasteiger partial charge in [-0.1, -0.05) is 31.4 Å². The van der Waals surface area contributed by atoms with Crippen LogP contribution in [0.1, 0.15) is 43.2 Å². The summed E-state index contributed by atoms with van der Waals surface area (Å²) in [6.07, 6.45) is 1.16. The van der Waals surface area contributed by atoms with Gasteiger partial charge in [-0.15, -0.1) is 0 Å². The number of rotatable bonds is 1. The molecule has 2 aromatic carbocycles. The van der Waals surface area contributed by atoms with Crippen LogP contribution in [0.25, 0.3) is 0 Å². The zero-order valence-corrected chi connectivity index (χ0v) is 18.8. The van der Waals surface area contributed by atoms with Crippen molar-refractivity contribution >= 4 is 17.6 Å². The molecule has 0 aromatic heterocycles. The second kappa shape index (κ2) is 9.19. The number of hydrogen-bond donors (Lipinski definition) is 1. The van der Waals surface area contributed by atoms with E-state index < -0.39 is 11.7 Å². The second-order valence-electron chi connectivity index (χ2n) is 8.97. The molecular weight excluding hydrogens is 445 g/mol. The van der Waals surface area contributed by atoms with Crippen molar-refractivity contribution in [3.63, 3.8) is 0 Å². The predicted molar refractivity (Wildman–Crippen MR) is 123 cm³/mol. The van der Waals surface area contributed by atoms with Crippen LogP contribution in [0.4, 0.5) is 23.7 Å². The summed E-state index contributed by atoms with van der Waals surface area (Å²) in [6, 6.07) is 10.8. The third-order valence-corrected chi connectivity index (χ3v) is 6.66. The van der Waals surface area contributed by atoms with E-state index in [2.05, 4.69) is 10.2 Å². The number of aliphatic imine (C=N–C) groups is 1. The van der Waals surface area contributed by atoms with E-state index in [4.69, 9.17) is 9.73 Å². The highest BCUT2D eigenvalue weighted by molar-refractivity contribution is 6.03. The van der Waals surface area contributed by atoms with Crippen LogP contribution in [0, 0.1) is 0 Å². The summed E-state index contributed by atoms with van der Waals surface area (Å²) in [5.74, 6) is 1.17. The Kier molecular flexibility index (Phi) is 6.10. The van der Waals surface area contributed by atoms with Crippen LogP contribution in [0.5, 0.6) is 11.5 Å². The topological polar surface area (TPSA) is 57.2 Å². The van der Waals surface area contributed by atoms with Crippen molar-refractivity contribution < 1.29 is 22.7 Å². The quantitative estimate of drug-likeness (QED) is 0.592. The molecular formula is C25H27F3N4O2. The fourth-order valence-corrected chi connectivity index (χ4v) is 4.77. The Bertz CT molecular complexity index is 1090. The van der Waals surface area contributed by atoms with Crippen molar-refractivity contribution in [2.24, 2.45) is 4.99 Å². The first kappa shape index (κ1) is 22.6. The zero-order chi connectivity index (χ0) is 23.7. The van der Waals surface area contributed by atoms with E-state index >= 15 is 0 Å². The number of nitrogens with one attached hydrogen (secondary N) is 1. The molecule has 2 amide bonds. The summed E-state index contributed by atoms with van der Waals surface area (Å²) < 4.78 is 45.6. The number of amides is 2. The fourth-order valence-electron chi connectivity index (χ4n) is 4.77. The minimum Gasteiger partial charge on any atom is -0.454 e. The molecule has 34 heavy (non-hydrogen) atoms. The third-order valence-electron chi connectivity index (χ3n) is 6.66. The van der Waals surface area contributed by atoms with Gasteiger partial charge in [0, 0.05) is 32.2 Å². The summed E-state index contributed by atoms with van der Waals surface area (Å²) in [4.78, 5) is 21.4.